The quantitative estimate of drug-likeness (QED) is 0.435. The standard InChI is InChI=1S/C16H21Cl2N3O3S.BrH/c1-4-20-12(3)21(16-10-14(18)13(17)9-15(16)20)7-5-6-8-25(23,24)19-11(2)22;/h9-10H,4-8H2,1-3H3;1H. The number of nitrogens with one attached hydrogen (secondary N) is 1. The van der Waals surface area contributed by atoms with E-state index in [1.54, 1.807) is 0 Å². The van der Waals surface area contributed by atoms with Crippen molar-refractivity contribution in [2.24, 2.45) is 0 Å². The Labute approximate surface area is 174 Å². The number of aromatic nitrogens is 2. The van der Waals surface area contributed by atoms with E-state index in [2.05, 4.69) is 16.1 Å². The van der Waals surface area contributed by atoms with E-state index < -0.39 is 15.9 Å². The minimum absolute atomic E-state index is 0. The molecule has 1 heterocycles. The van der Waals surface area contributed by atoms with Crippen molar-refractivity contribution in [1.82, 2.24) is 9.29 Å². The molecular weight excluding hydrogens is 465 g/mol. The number of sulfonamides is 1. The molecule has 2 aromatic rings. The van der Waals surface area contributed by atoms with Crippen LogP contribution in [-0.2, 0) is 27.9 Å². The van der Waals surface area contributed by atoms with E-state index in [1.165, 1.54) is 6.92 Å². The smallest absolute Gasteiger partial charge is 0.254 e. The maximum atomic E-state index is 11.7. The molecule has 0 aliphatic heterocycles. The van der Waals surface area contributed by atoms with E-state index in [4.69, 9.17) is 23.2 Å². The first kappa shape index (κ1) is 23.2. The van der Waals surface area contributed by atoms with Crippen molar-refractivity contribution in [1.29, 1.82) is 0 Å². The van der Waals surface area contributed by atoms with E-state index in [-0.39, 0.29) is 22.7 Å². The summed E-state index contributed by atoms with van der Waals surface area (Å²) < 4.78 is 29.6. The second kappa shape index (κ2) is 9.39. The Morgan fingerprint density at radius 2 is 1.85 bits per heavy atom. The van der Waals surface area contributed by atoms with Crippen molar-refractivity contribution in [2.75, 3.05) is 5.75 Å². The third-order valence-electron chi connectivity index (χ3n) is 4.04. The first-order chi connectivity index (χ1) is 11.7. The fourth-order valence-corrected chi connectivity index (χ4v) is 4.41. The number of hydrogen-bond donors (Lipinski definition) is 1. The molecule has 6 nitrogen and oxygen atoms in total. The normalized spacial score (nSPS) is 11.4. The molecule has 1 aromatic carbocycles. The summed E-state index contributed by atoms with van der Waals surface area (Å²) in [5, 5.41) is 0.999. The number of imidazole rings is 1. The number of benzene rings is 1. The van der Waals surface area contributed by atoms with Crippen molar-refractivity contribution in [3.05, 3.63) is 28.0 Å². The second-order valence-electron chi connectivity index (χ2n) is 5.88. The lowest BCUT2D eigenvalue weighted by molar-refractivity contribution is -0.678. The van der Waals surface area contributed by atoms with Crippen LogP contribution in [0.4, 0.5) is 0 Å². The molecule has 2 rings (SSSR count). The third kappa shape index (κ3) is 5.34. The molecule has 0 fully saturated rings. The zero-order valence-electron chi connectivity index (χ0n) is 14.9. The summed E-state index contributed by atoms with van der Waals surface area (Å²) in [5.41, 5.74) is 1.97. The van der Waals surface area contributed by atoms with E-state index in [1.807, 2.05) is 23.8 Å². The fourth-order valence-electron chi connectivity index (χ4n) is 2.97. The van der Waals surface area contributed by atoms with Crippen LogP contribution in [0.5, 0.6) is 0 Å². The SMILES string of the molecule is CCn1c(C)[n+](CCCCS(=O)(=O)NC(C)=O)c2cc(Cl)c(Cl)cc21.[Br-]. The number of rotatable bonds is 7. The van der Waals surface area contributed by atoms with Gasteiger partial charge in [-0.3, -0.25) is 9.52 Å². The van der Waals surface area contributed by atoms with Crippen molar-refractivity contribution in [3.63, 3.8) is 0 Å². The van der Waals surface area contributed by atoms with Gasteiger partial charge in [-0.05, 0) is 19.8 Å². The highest BCUT2D eigenvalue weighted by molar-refractivity contribution is 7.90. The number of fused-ring (bicyclic) bond motifs is 1. The minimum atomic E-state index is -3.55. The highest BCUT2D eigenvalue weighted by Gasteiger charge is 2.22. The molecule has 0 aliphatic rings. The Balaban J connectivity index is 0.00000338. The van der Waals surface area contributed by atoms with E-state index >= 15 is 0 Å². The van der Waals surface area contributed by atoms with Gasteiger partial charge in [0.05, 0.1) is 28.9 Å². The van der Waals surface area contributed by atoms with Gasteiger partial charge in [0, 0.05) is 26.0 Å². The van der Waals surface area contributed by atoms with Gasteiger partial charge in [-0.1, -0.05) is 23.2 Å². The number of carbonyl (C=O) groups excluding carboxylic acids is 1. The first-order valence-electron chi connectivity index (χ1n) is 8.05. The molecule has 0 radical (unpaired) electrons. The lowest BCUT2D eigenvalue weighted by Gasteiger charge is -2.04. The molecule has 1 N–H and O–H groups in total. The molecule has 26 heavy (non-hydrogen) atoms. The zero-order chi connectivity index (χ0) is 18.8. The van der Waals surface area contributed by atoms with Crippen LogP contribution in [0.2, 0.25) is 10.0 Å². The Bertz CT molecular complexity index is 913. The summed E-state index contributed by atoms with van der Waals surface area (Å²) in [7, 11) is -3.55. The zero-order valence-corrected chi connectivity index (χ0v) is 18.8. The van der Waals surface area contributed by atoms with Gasteiger partial charge in [0.25, 0.3) is 5.82 Å². The monoisotopic (exact) mass is 485 g/mol. The summed E-state index contributed by atoms with van der Waals surface area (Å²) in [5.74, 6) is 0.411. The first-order valence-corrected chi connectivity index (χ1v) is 10.5. The summed E-state index contributed by atoms with van der Waals surface area (Å²) in [6, 6.07) is 3.69. The van der Waals surface area contributed by atoms with Gasteiger partial charge in [0.1, 0.15) is 0 Å². The van der Waals surface area contributed by atoms with Crippen LogP contribution < -0.4 is 26.3 Å². The summed E-state index contributed by atoms with van der Waals surface area (Å²) in [6.45, 7) is 6.71. The number of hydrogen-bond acceptors (Lipinski definition) is 3. The van der Waals surface area contributed by atoms with Crippen LogP contribution in [0.1, 0.15) is 32.5 Å². The van der Waals surface area contributed by atoms with Gasteiger partial charge in [0.15, 0.2) is 11.0 Å². The lowest BCUT2D eigenvalue weighted by Crippen LogP contribution is -3.00. The number of carbonyl (C=O) groups is 1. The molecule has 0 saturated heterocycles. The van der Waals surface area contributed by atoms with Crippen LogP contribution in [0.3, 0.4) is 0 Å². The van der Waals surface area contributed by atoms with Crippen LogP contribution in [0.15, 0.2) is 12.1 Å². The molecule has 10 heteroatoms. The molecule has 146 valence electrons. The predicted molar refractivity (Wildman–Crippen MR) is 99.4 cm³/mol. The van der Waals surface area contributed by atoms with Crippen LogP contribution in [0.25, 0.3) is 11.0 Å². The fraction of sp³-hybridized carbons (Fsp3) is 0.500. The molecule has 0 saturated carbocycles. The molecule has 1 aromatic heterocycles. The molecular formula is C16H22BrCl2N3O3S. The number of nitrogens with zero attached hydrogens (tertiary/aromatic N) is 2. The van der Waals surface area contributed by atoms with Crippen molar-refractivity contribution < 1.29 is 34.8 Å². The molecule has 1 amide bonds. The van der Waals surface area contributed by atoms with Crippen LogP contribution >= 0.6 is 23.2 Å². The molecule has 0 bridgehead atoms. The Morgan fingerprint density at radius 1 is 1.23 bits per heavy atom. The van der Waals surface area contributed by atoms with Gasteiger partial charge in [-0.2, -0.15) is 0 Å². The maximum absolute atomic E-state index is 11.7. The van der Waals surface area contributed by atoms with Crippen LogP contribution in [0, 0.1) is 6.92 Å². The summed E-state index contributed by atoms with van der Waals surface area (Å²) in [6.07, 6.45) is 1.11. The molecule has 0 atom stereocenters. The van der Waals surface area contributed by atoms with E-state index in [0.29, 0.717) is 29.4 Å². The number of unbranched alkanes of at least 4 members (excludes halogenated alkanes) is 1. The lowest BCUT2D eigenvalue weighted by atomic mass is 10.3. The van der Waals surface area contributed by atoms with Gasteiger partial charge in [-0.15, -0.1) is 0 Å². The average molecular weight is 487 g/mol. The van der Waals surface area contributed by atoms with E-state index in [0.717, 1.165) is 23.4 Å². The second-order valence-corrected chi connectivity index (χ2v) is 8.54. The average Bonchev–Trinajstić information content (AvgIpc) is 2.74. The Kier molecular flexibility index (Phi) is 8.38. The summed E-state index contributed by atoms with van der Waals surface area (Å²) in [4.78, 5) is 10.9. The number of halogens is 3. The highest BCUT2D eigenvalue weighted by atomic mass is 79.9. The van der Waals surface area contributed by atoms with E-state index in [9.17, 15) is 13.2 Å². The molecule has 0 unspecified atom stereocenters. The topological polar surface area (TPSA) is 72.1 Å². The molecule has 0 aliphatic carbocycles. The van der Waals surface area contributed by atoms with Gasteiger partial charge in [0.2, 0.25) is 15.9 Å². The summed E-state index contributed by atoms with van der Waals surface area (Å²) >= 11 is 12.3. The van der Waals surface area contributed by atoms with Crippen molar-refractivity contribution in [2.45, 2.75) is 46.7 Å². The van der Waals surface area contributed by atoms with Crippen molar-refractivity contribution >= 4 is 50.2 Å². The minimum Gasteiger partial charge on any atom is -1.00 e. The van der Waals surface area contributed by atoms with Crippen LogP contribution in [-0.4, -0.2) is 24.6 Å². The van der Waals surface area contributed by atoms with Gasteiger partial charge < -0.3 is 17.0 Å². The largest absolute Gasteiger partial charge is 1.00 e. The predicted octanol–water partition coefficient (Wildman–Crippen LogP) is -0.186. The Hall–Kier alpha value is -0.830. The van der Waals surface area contributed by atoms with Gasteiger partial charge in [-0.25, -0.2) is 17.6 Å². The third-order valence-corrected chi connectivity index (χ3v) is 6.19. The highest BCUT2D eigenvalue weighted by Crippen LogP contribution is 2.27. The van der Waals surface area contributed by atoms with Gasteiger partial charge >= 0.3 is 0 Å². The Morgan fingerprint density at radius 3 is 2.42 bits per heavy atom. The maximum Gasteiger partial charge on any atom is 0.254 e. The number of amides is 1. The number of aryl methyl sites for hydroxylation is 2. The van der Waals surface area contributed by atoms with Crippen molar-refractivity contribution in [3.8, 4) is 0 Å². The molecule has 0 spiro atoms.